The molecule has 174 valence electrons. The summed E-state index contributed by atoms with van der Waals surface area (Å²) in [5, 5.41) is 7.91. The lowest BCUT2D eigenvalue weighted by atomic mass is 10.3. The zero-order valence-corrected chi connectivity index (χ0v) is 20.1. The highest BCUT2D eigenvalue weighted by Crippen LogP contribution is 2.22. The minimum Gasteiger partial charge on any atom is -0.310 e. The van der Waals surface area contributed by atoms with E-state index in [0.29, 0.717) is 37.0 Å². The third kappa shape index (κ3) is 5.61. The molecular weight excluding hydrogens is 460 g/mol. The van der Waals surface area contributed by atoms with Gasteiger partial charge in [0, 0.05) is 38.4 Å². The number of carbonyl (C=O) groups excluding carboxylic acids is 1. The quantitative estimate of drug-likeness (QED) is 0.511. The van der Waals surface area contributed by atoms with Crippen molar-refractivity contribution in [1.29, 1.82) is 0 Å². The molecule has 1 aliphatic heterocycles. The van der Waals surface area contributed by atoms with E-state index in [9.17, 15) is 13.2 Å². The van der Waals surface area contributed by atoms with Crippen molar-refractivity contribution in [2.45, 2.75) is 16.8 Å². The monoisotopic (exact) mass is 486 g/mol. The number of sulfonamides is 1. The fourth-order valence-corrected chi connectivity index (χ4v) is 5.47. The van der Waals surface area contributed by atoms with Gasteiger partial charge >= 0.3 is 0 Å². The Hall–Kier alpha value is -2.73. The summed E-state index contributed by atoms with van der Waals surface area (Å²) in [5.74, 6) is 0.523. The van der Waals surface area contributed by atoms with Gasteiger partial charge in [0.25, 0.3) is 0 Å². The molecule has 3 heterocycles. The number of benzene rings is 1. The van der Waals surface area contributed by atoms with Crippen molar-refractivity contribution in [3.8, 4) is 5.69 Å². The average molecular weight is 487 g/mol. The molecule has 0 bridgehead atoms. The van der Waals surface area contributed by atoms with Crippen LogP contribution in [0.2, 0.25) is 0 Å². The first kappa shape index (κ1) is 23.4. The molecule has 0 spiro atoms. The van der Waals surface area contributed by atoms with Gasteiger partial charge in [-0.3, -0.25) is 4.79 Å². The van der Waals surface area contributed by atoms with Gasteiger partial charge in [0.05, 0.1) is 22.2 Å². The van der Waals surface area contributed by atoms with Gasteiger partial charge < -0.3 is 10.2 Å². The SMILES string of the molecule is Cc1cc(NC(=O)CSc2ccc(S(=O)(=O)N3CCN(C)CC3)cn2)n(-c2ccccc2)n1. The van der Waals surface area contributed by atoms with Gasteiger partial charge in [0.15, 0.2) is 0 Å². The number of para-hydroxylation sites is 1. The van der Waals surface area contributed by atoms with Crippen molar-refractivity contribution in [2.75, 3.05) is 44.3 Å². The average Bonchev–Trinajstić information content (AvgIpc) is 3.18. The molecule has 9 nitrogen and oxygen atoms in total. The highest BCUT2D eigenvalue weighted by Gasteiger charge is 2.27. The fraction of sp³-hybridized carbons (Fsp3) is 0.318. The first-order chi connectivity index (χ1) is 15.8. The Kier molecular flexibility index (Phi) is 7.13. The number of aromatic nitrogens is 3. The Morgan fingerprint density at radius 3 is 2.48 bits per heavy atom. The van der Waals surface area contributed by atoms with E-state index in [1.165, 1.54) is 22.3 Å². The number of nitrogens with zero attached hydrogens (tertiary/aromatic N) is 5. The maximum Gasteiger partial charge on any atom is 0.244 e. The third-order valence-corrected chi connectivity index (χ3v) is 8.09. The Balaban J connectivity index is 1.36. The molecule has 0 aliphatic carbocycles. The second-order valence-corrected chi connectivity index (χ2v) is 10.7. The van der Waals surface area contributed by atoms with Crippen LogP contribution in [0.4, 0.5) is 5.82 Å². The first-order valence-corrected chi connectivity index (χ1v) is 12.9. The number of thioether (sulfide) groups is 1. The number of aryl methyl sites for hydroxylation is 1. The summed E-state index contributed by atoms with van der Waals surface area (Å²) < 4.78 is 28.8. The van der Waals surface area contributed by atoms with E-state index < -0.39 is 10.0 Å². The fourth-order valence-electron chi connectivity index (χ4n) is 3.46. The van der Waals surface area contributed by atoms with E-state index in [1.807, 2.05) is 50.4 Å². The number of hydrogen-bond acceptors (Lipinski definition) is 7. The topological polar surface area (TPSA) is 100 Å². The second-order valence-electron chi connectivity index (χ2n) is 7.79. The zero-order valence-electron chi connectivity index (χ0n) is 18.5. The maximum atomic E-state index is 12.8. The summed E-state index contributed by atoms with van der Waals surface area (Å²) >= 11 is 1.24. The van der Waals surface area contributed by atoms with Crippen molar-refractivity contribution in [1.82, 2.24) is 24.0 Å². The van der Waals surface area contributed by atoms with Crippen LogP contribution in [0.25, 0.3) is 5.69 Å². The third-order valence-electron chi connectivity index (χ3n) is 5.26. The lowest BCUT2D eigenvalue weighted by molar-refractivity contribution is -0.113. The van der Waals surface area contributed by atoms with Crippen LogP contribution in [-0.4, -0.2) is 77.3 Å². The minimum atomic E-state index is -3.56. The van der Waals surface area contributed by atoms with Gasteiger partial charge in [0.2, 0.25) is 15.9 Å². The number of amides is 1. The zero-order chi connectivity index (χ0) is 23.4. The van der Waals surface area contributed by atoms with Crippen LogP contribution in [0.3, 0.4) is 0 Å². The minimum absolute atomic E-state index is 0.135. The molecule has 1 amide bonds. The normalized spacial score (nSPS) is 15.5. The number of likely N-dealkylation sites (N-methyl/N-ethyl adjacent to an activating group) is 1. The van der Waals surface area contributed by atoms with Crippen molar-refractivity contribution >= 4 is 33.5 Å². The lowest BCUT2D eigenvalue weighted by Crippen LogP contribution is -2.47. The van der Waals surface area contributed by atoms with Crippen LogP contribution in [0.15, 0.2) is 64.6 Å². The molecule has 1 N–H and O–H groups in total. The number of pyridine rings is 1. The standard InChI is InChI=1S/C22H26N6O3S2/c1-17-14-20(28(25-17)18-6-4-3-5-7-18)24-21(29)16-32-22-9-8-19(15-23-22)33(30,31)27-12-10-26(2)11-13-27/h3-9,14-15H,10-13,16H2,1-2H3,(H,24,29). The Bertz CT molecular complexity index is 1200. The highest BCUT2D eigenvalue weighted by molar-refractivity contribution is 7.99. The first-order valence-electron chi connectivity index (χ1n) is 10.5. The number of nitrogens with one attached hydrogen (secondary N) is 1. The van der Waals surface area contributed by atoms with Crippen molar-refractivity contribution < 1.29 is 13.2 Å². The highest BCUT2D eigenvalue weighted by atomic mass is 32.2. The van der Waals surface area contributed by atoms with E-state index >= 15 is 0 Å². The Morgan fingerprint density at radius 1 is 1.09 bits per heavy atom. The van der Waals surface area contributed by atoms with E-state index in [4.69, 9.17) is 0 Å². The summed E-state index contributed by atoms with van der Waals surface area (Å²) in [6.45, 7) is 4.21. The number of piperazine rings is 1. The maximum absolute atomic E-state index is 12.8. The molecule has 0 atom stereocenters. The molecule has 1 aromatic carbocycles. The summed E-state index contributed by atoms with van der Waals surface area (Å²) in [6.07, 6.45) is 1.36. The summed E-state index contributed by atoms with van der Waals surface area (Å²) in [4.78, 5) is 19.1. The van der Waals surface area contributed by atoms with E-state index in [1.54, 1.807) is 16.8 Å². The van der Waals surface area contributed by atoms with Crippen LogP contribution in [0.1, 0.15) is 5.69 Å². The van der Waals surface area contributed by atoms with Crippen LogP contribution in [0, 0.1) is 6.92 Å². The summed E-state index contributed by atoms with van der Waals surface area (Å²) in [6, 6.07) is 14.6. The number of anilines is 1. The van der Waals surface area contributed by atoms with Crippen molar-refractivity contribution in [3.05, 3.63) is 60.4 Å². The molecule has 4 rings (SSSR count). The Morgan fingerprint density at radius 2 is 1.82 bits per heavy atom. The van der Waals surface area contributed by atoms with Crippen LogP contribution < -0.4 is 5.32 Å². The van der Waals surface area contributed by atoms with Gasteiger partial charge in [-0.1, -0.05) is 30.0 Å². The van der Waals surface area contributed by atoms with Crippen molar-refractivity contribution in [2.24, 2.45) is 0 Å². The van der Waals surface area contributed by atoms with E-state index in [2.05, 4.69) is 20.3 Å². The Labute approximate surface area is 197 Å². The second kappa shape index (κ2) is 10.0. The van der Waals surface area contributed by atoms with Gasteiger partial charge in [-0.15, -0.1) is 0 Å². The van der Waals surface area contributed by atoms with Crippen LogP contribution >= 0.6 is 11.8 Å². The molecule has 1 saturated heterocycles. The van der Waals surface area contributed by atoms with Gasteiger partial charge in [-0.2, -0.15) is 9.40 Å². The van der Waals surface area contributed by atoms with Gasteiger partial charge in [0.1, 0.15) is 10.7 Å². The van der Waals surface area contributed by atoms with Crippen LogP contribution in [-0.2, 0) is 14.8 Å². The number of hydrogen-bond donors (Lipinski definition) is 1. The smallest absolute Gasteiger partial charge is 0.244 e. The molecule has 2 aromatic heterocycles. The molecule has 33 heavy (non-hydrogen) atoms. The predicted molar refractivity (Wildman–Crippen MR) is 128 cm³/mol. The van der Waals surface area contributed by atoms with Crippen molar-refractivity contribution in [3.63, 3.8) is 0 Å². The molecule has 1 fully saturated rings. The lowest BCUT2D eigenvalue weighted by Gasteiger charge is -2.31. The number of carbonyl (C=O) groups is 1. The molecule has 1 aliphatic rings. The van der Waals surface area contributed by atoms with E-state index in [0.717, 1.165) is 11.4 Å². The number of rotatable bonds is 7. The van der Waals surface area contributed by atoms with Gasteiger partial charge in [-0.25, -0.2) is 18.1 Å². The summed E-state index contributed by atoms with van der Waals surface area (Å²) in [5.41, 5.74) is 1.65. The molecule has 0 radical (unpaired) electrons. The molecular formula is C22H26N6O3S2. The van der Waals surface area contributed by atoms with Gasteiger partial charge in [-0.05, 0) is 38.2 Å². The summed E-state index contributed by atoms with van der Waals surface area (Å²) in [7, 11) is -1.58. The molecule has 11 heteroatoms. The van der Waals surface area contributed by atoms with E-state index in [-0.39, 0.29) is 16.6 Å². The molecule has 0 unspecified atom stereocenters. The largest absolute Gasteiger partial charge is 0.310 e. The van der Waals surface area contributed by atoms with Crippen LogP contribution in [0.5, 0.6) is 0 Å². The predicted octanol–water partition coefficient (Wildman–Crippen LogP) is 2.24. The molecule has 0 saturated carbocycles. The molecule has 3 aromatic rings.